The molecular weight excluding hydrogens is 605 g/mol. The van der Waals surface area contributed by atoms with Crippen LogP contribution in [0.25, 0.3) is 0 Å². The Kier molecular flexibility index (Phi) is 18.4. The van der Waals surface area contributed by atoms with E-state index in [0.29, 0.717) is 26.2 Å². The summed E-state index contributed by atoms with van der Waals surface area (Å²) in [4.78, 5) is 60.5. The minimum absolute atomic E-state index is 0.00454. The van der Waals surface area contributed by atoms with Gasteiger partial charge < -0.3 is 0 Å². The van der Waals surface area contributed by atoms with Crippen molar-refractivity contribution in [3.8, 4) is 0 Å². The third-order valence-electron chi connectivity index (χ3n) is 8.45. The second-order valence-corrected chi connectivity index (χ2v) is 12.9. The maximum atomic E-state index is 13.6. The fraction of sp³-hybridized carbons (Fsp3) is 0.714. The maximum Gasteiger partial charge on any atom is 0.265 e. The average molecular weight is 661 g/mol. The number of amides is 4. The van der Waals surface area contributed by atoms with E-state index in [-0.39, 0.29) is 27.6 Å². The van der Waals surface area contributed by atoms with E-state index in [9.17, 15) is 19.2 Å². The zero-order valence-electron chi connectivity index (χ0n) is 28.2. The predicted octanol–water partition coefficient (Wildman–Crippen LogP) is 7.32. The van der Waals surface area contributed by atoms with Crippen molar-refractivity contribution in [3.05, 3.63) is 23.8 Å². The van der Waals surface area contributed by atoms with Crippen LogP contribution in [0.4, 0.5) is 0 Å². The highest BCUT2D eigenvalue weighted by Crippen LogP contribution is 2.23. The fourth-order valence-electron chi connectivity index (χ4n) is 5.64. The topological polar surface area (TPSA) is 81.2 Å². The van der Waals surface area contributed by atoms with Gasteiger partial charge in [0, 0.05) is 26.2 Å². The lowest BCUT2D eigenvalue weighted by Gasteiger charge is -2.38. The van der Waals surface area contributed by atoms with Gasteiger partial charge in [-0.25, -0.2) is 0 Å². The third kappa shape index (κ3) is 11.4. The lowest BCUT2D eigenvalue weighted by atomic mass is 10.0. The highest BCUT2D eigenvalue weighted by molar-refractivity contribution is 7.80. The molecule has 0 unspecified atom stereocenters. The van der Waals surface area contributed by atoms with Crippen molar-refractivity contribution in [1.82, 2.24) is 19.6 Å². The fourth-order valence-corrected chi connectivity index (χ4v) is 6.35. The van der Waals surface area contributed by atoms with Gasteiger partial charge in [0.25, 0.3) is 11.8 Å². The minimum atomic E-state index is -1.06. The second-order valence-electron chi connectivity index (χ2n) is 12.1. The van der Waals surface area contributed by atoms with Gasteiger partial charge in [-0.1, -0.05) is 117 Å². The molecule has 45 heavy (non-hydrogen) atoms. The van der Waals surface area contributed by atoms with Crippen molar-refractivity contribution in [2.75, 3.05) is 26.2 Å². The molecule has 0 radical (unpaired) electrons. The van der Waals surface area contributed by atoms with Gasteiger partial charge in [0.2, 0.25) is 11.8 Å². The second kappa shape index (κ2) is 21.4. The first kappa shape index (κ1) is 38.7. The van der Waals surface area contributed by atoms with Crippen LogP contribution in [-0.2, 0) is 19.2 Å². The number of hydrogen-bond acceptors (Lipinski definition) is 6. The number of unbranched alkanes of at least 4 members (excludes halogenated alkanes) is 12. The minimum Gasteiger partial charge on any atom is -0.288 e. The Hall–Kier alpha value is -2.46. The van der Waals surface area contributed by atoms with Gasteiger partial charge in [-0.05, 0) is 56.2 Å². The van der Waals surface area contributed by atoms with E-state index in [4.69, 9.17) is 24.4 Å². The number of rotatable bonds is 22. The van der Waals surface area contributed by atoms with Crippen molar-refractivity contribution in [2.45, 2.75) is 130 Å². The molecule has 252 valence electrons. The van der Waals surface area contributed by atoms with Crippen LogP contribution >= 0.6 is 24.4 Å². The van der Waals surface area contributed by atoms with Gasteiger partial charge in [0.05, 0.1) is 0 Å². The summed E-state index contributed by atoms with van der Waals surface area (Å²) in [6.07, 6.45) is 20.2. The quantitative estimate of drug-likeness (QED) is 0.0398. The summed E-state index contributed by atoms with van der Waals surface area (Å²) in [6.45, 7) is 10.4. The molecule has 0 aliphatic carbocycles. The molecule has 0 saturated carbocycles. The van der Waals surface area contributed by atoms with E-state index in [1.807, 2.05) is 0 Å². The molecule has 8 nitrogen and oxygen atoms in total. The SMILES string of the molecule is CCCCCCN1C(=O)C(=CC=CC2C(=O)N(CCCCCC)C(=S)N(CCCCCC)C2=O)C(=O)N(CCCCCC)C1=S. The number of carbonyl (C=O) groups excluding carboxylic acids is 4. The van der Waals surface area contributed by atoms with Gasteiger partial charge in [0.1, 0.15) is 11.5 Å². The van der Waals surface area contributed by atoms with E-state index in [2.05, 4.69) is 27.7 Å². The smallest absolute Gasteiger partial charge is 0.265 e. The van der Waals surface area contributed by atoms with Gasteiger partial charge in [-0.2, -0.15) is 0 Å². The van der Waals surface area contributed by atoms with Crippen LogP contribution in [0.1, 0.15) is 130 Å². The summed E-state index contributed by atoms with van der Waals surface area (Å²) in [5, 5.41) is 0.548. The number of nitrogens with zero attached hydrogens (tertiary/aromatic N) is 4. The highest BCUT2D eigenvalue weighted by Gasteiger charge is 2.42. The summed E-state index contributed by atoms with van der Waals surface area (Å²) in [5.41, 5.74) is 0.00454. The van der Waals surface area contributed by atoms with Gasteiger partial charge >= 0.3 is 0 Å². The molecule has 0 aromatic rings. The highest BCUT2D eigenvalue weighted by atomic mass is 32.1. The van der Waals surface area contributed by atoms with E-state index in [1.165, 1.54) is 28.0 Å². The van der Waals surface area contributed by atoms with Crippen LogP contribution in [0.15, 0.2) is 23.8 Å². The first-order valence-corrected chi connectivity index (χ1v) is 18.3. The Morgan fingerprint density at radius 3 is 1.20 bits per heavy atom. The third-order valence-corrected chi connectivity index (χ3v) is 9.33. The molecule has 0 N–H and O–H groups in total. The molecule has 2 aliphatic heterocycles. The van der Waals surface area contributed by atoms with Crippen molar-refractivity contribution >= 4 is 58.3 Å². The number of hydrogen-bond donors (Lipinski definition) is 0. The van der Waals surface area contributed by atoms with E-state index in [0.717, 1.165) is 103 Å². The van der Waals surface area contributed by atoms with Crippen molar-refractivity contribution in [1.29, 1.82) is 0 Å². The monoisotopic (exact) mass is 660 g/mol. The van der Waals surface area contributed by atoms with Crippen LogP contribution < -0.4 is 0 Å². The molecular formula is C35H56N4O4S2. The molecule has 0 aromatic heterocycles. The van der Waals surface area contributed by atoms with Crippen LogP contribution in [0, 0.1) is 5.92 Å². The van der Waals surface area contributed by atoms with E-state index >= 15 is 0 Å². The molecule has 0 spiro atoms. The average Bonchev–Trinajstić information content (AvgIpc) is 3.02. The Morgan fingerprint density at radius 2 is 0.844 bits per heavy atom. The summed E-state index contributed by atoms with van der Waals surface area (Å²) in [7, 11) is 0. The van der Waals surface area contributed by atoms with Gasteiger partial charge in [0.15, 0.2) is 10.2 Å². The molecule has 4 amide bonds. The van der Waals surface area contributed by atoms with E-state index in [1.54, 1.807) is 9.80 Å². The van der Waals surface area contributed by atoms with Crippen molar-refractivity contribution in [3.63, 3.8) is 0 Å². The van der Waals surface area contributed by atoms with Crippen molar-refractivity contribution in [2.24, 2.45) is 5.92 Å². The van der Waals surface area contributed by atoms with E-state index < -0.39 is 17.7 Å². The number of carbonyl (C=O) groups is 4. The molecule has 0 bridgehead atoms. The summed E-state index contributed by atoms with van der Waals surface area (Å²) in [5.74, 6) is -2.60. The molecule has 2 aliphatic rings. The van der Waals surface area contributed by atoms with Crippen molar-refractivity contribution < 1.29 is 19.2 Å². The van der Waals surface area contributed by atoms with Crippen LogP contribution in [0.2, 0.25) is 0 Å². The normalized spacial score (nSPS) is 16.8. The molecule has 10 heteroatoms. The molecule has 0 atom stereocenters. The number of thiocarbonyl (C=S) groups is 2. The lowest BCUT2D eigenvalue weighted by Crippen LogP contribution is -2.59. The Morgan fingerprint density at radius 1 is 0.511 bits per heavy atom. The zero-order chi connectivity index (χ0) is 33.2. The van der Waals surface area contributed by atoms with Gasteiger partial charge in [-0.15, -0.1) is 0 Å². The van der Waals surface area contributed by atoms with Crippen LogP contribution in [0.3, 0.4) is 0 Å². The number of allylic oxidation sites excluding steroid dienone is 2. The first-order valence-electron chi connectivity index (χ1n) is 17.5. The first-order chi connectivity index (χ1) is 21.7. The molecule has 2 fully saturated rings. The molecule has 2 saturated heterocycles. The summed E-state index contributed by atoms with van der Waals surface area (Å²) >= 11 is 11.3. The maximum absolute atomic E-state index is 13.6. The Balaban J connectivity index is 2.33. The summed E-state index contributed by atoms with van der Waals surface area (Å²) < 4.78 is 0. The largest absolute Gasteiger partial charge is 0.288 e. The van der Waals surface area contributed by atoms with Crippen LogP contribution in [-0.4, -0.2) is 79.6 Å². The summed E-state index contributed by atoms with van der Waals surface area (Å²) in [6, 6.07) is 0. The predicted molar refractivity (Wildman–Crippen MR) is 189 cm³/mol. The molecule has 0 aromatic carbocycles. The Labute approximate surface area is 282 Å². The lowest BCUT2D eigenvalue weighted by molar-refractivity contribution is -0.145. The zero-order valence-corrected chi connectivity index (χ0v) is 29.8. The Bertz CT molecular complexity index is 1020. The molecule has 2 heterocycles. The standard InChI is InChI=1S/C35H56N4O4S2/c1-5-9-13-17-24-36-30(40)28(31(41)37(34(36)44)25-18-14-10-6-2)22-21-23-29-32(42)38(26-19-15-11-7-3)35(45)39(33(29)43)27-20-16-12-8-4/h21-23,28H,5-20,24-27H2,1-4H3. The van der Waals surface area contributed by atoms with Crippen LogP contribution in [0.5, 0.6) is 0 Å². The van der Waals surface area contributed by atoms with Gasteiger partial charge in [-0.3, -0.25) is 38.8 Å². The molecule has 2 rings (SSSR count).